The molecule has 0 bridgehead atoms. The highest BCUT2D eigenvalue weighted by Crippen LogP contribution is 2.33. The monoisotopic (exact) mass is 344 g/mol. The van der Waals surface area contributed by atoms with Crippen molar-refractivity contribution >= 4 is 38.9 Å². The maximum absolute atomic E-state index is 10.6. The van der Waals surface area contributed by atoms with Gasteiger partial charge in [0.05, 0.1) is 0 Å². The quantitative estimate of drug-likeness (QED) is 0.837. The lowest BCUT2D eigenvalue weighted by atomic mass is 9.95. The van der Waals surface area contributed by atoms with Gasteiger partial charge in [0.2, 0.25) is 0 Å². The predicted molar refractivity (Wildman–Crippen MR) is 81.5 cm³/mol. The third kappa shape index (κ3) is 3.15. The number of aryl methyl sites for hydroxylation is 1. The molecule has 18 heavy (non-hydrogen) atoms. The van der Waals surface area contributed by atoms with E-state index >= 15 is 0 Å². The van der Waals surface area contributed by atoms with E-state index < -0.39 is 5.60 Å². The molecule has 1 nitrogen and oxygen atoms in total. The fourth-order valence-corrected chi connectivity index (χ4v) is 3.50. The Hall–Kier alpha value is -0.350. The van der Waals surface area contributed by atoms with Gasteiger partial charge in [-0.15, -0.1) is 11.3 Å². The van der Waals surface area contributed by atoms with Crippen molar-refractivity contribution < 1.29 is 5.11 Å². The summed E-state index contributed by atoms with van der Waals surface area (Å²) < 4.78 is 0.947. The van der Waals surface area contributed by atoms with Gasteiger partial charge < -0.3 is 5.11 Å². The average Bonchev–Trinajstić information content (AvgIpc) is 2.70. The minimum Gasteiger partial charge on any atom is -0.384 e. The third-order valence-electron chi connectivity index (χ3n) is 2.82. The first-order chi connectivity index (χ1) is 8.38. The Morgan fingerprint density at radius 2 is 2.06 bits per heavy atom. The Labute approximate surface area is 125 Å². The zero-order chi connectivity index (χ0) is 13.3. The molecule has 0 fully saturated rings. The van der Waals surface area contributed by atoms with E-state index in [-0.39, 0.29) is 0 Å². The summed E-state index contributed by atoms with van der Waals surface area (Å²) in [5, 5.41) is 11.3. The standard InChI is InChI=1S/C14H14BrClOS/c1-9-3-6-13(18-9)14(2,17)8-10-4-5-11(15)7-12(10)16/h3-7,17H,8H2,1-2H3. The molecule has 96 valence electrons. The number of hydrogen-bond acceptors (Lipinski definition) is 2. The largest absolute Gasteiger partial charge is 0.384 e. The molecule has 1 aromatic heterocycles. The molecular formula is C14H14BrClOS. The van der Waals surface area contributed by atoms with Crippen LogP contribution in [0.2, 0.25) is 5.02 Å². The summed E-state index contributed by atoms with van der Waals surface area (Å²) in [6.07, 6.45) is 0.513. The van der Waals surface area contributed by atoms with Crippen molar-refractivity contribution in [1.29, 1.82) is 0 Å². The van der Waals surface area contributed by atoms with Crippen LogP contribution in [0.1, 0.15) is 22.2 Å². The van der Waals surface area contributed by atoms with Crippen LogP contribution in [-0.2, 0) is 12.0 Å². The molecule has 1 unspecified atom stereocenters. The minimum absolute atomic E-state index is 0.513. The lowest BCUT2D eigenvalue weighted by Crippen LogP contribution is -2.23. The molecule has 1 aromatic carbocycles. The molecule has 0 aliphatic heterocycles. The zero-order valence-corrected chi connectivity index (χ0v) is 13.4. The van der Waals surface area contributed by atoms with Crippen LogP contribution < -0.4 is 0 Å². The summed E-state index contributed by atoms with van der Waals surface area (Å²) in [6, 6.07) is 9.75. The van der Waals surface area contributed by atoms with Crippen molar-refractivity contribution in [3.8, 4) is 0 Å². The fraction of sp³-hybridized carbons (Fsp3) is 0.286. The summed E-state index contributed by atoms with van der Waals surface area (Å²) in [5.74, 6) is 0. The van der Waals surface area contributed by atoms with E-state index in [1.54, 1.807) is 11.3 Å². The summed E-state index contributed by atoms with van der Waals surface area (Å²) >= 11 is 11.2. The highest BCUT2D eigenvalue weighted by atomic mass is 79.9. The van der Waals surface area contributed by atoms with Crippen LogP contribution in [-0.4, -0.2) is 5.11 Å². The van der Waals surface area contributed by atoms with Crippen LogP contribution in [0.15, 0.2) is 34.8 Å². The van der Waals surface area contributed by atoms with E-state index in [4.69, 9.17) is 11.6 Å². The zero-order valence-electron chi connectivity index (χ0n) is 10.2. The summed E-state index contributed by atoms with van der Waals surface area (Å²) in [6.45, 7) is 3.87. The Morgan fingerprint density at radius 1 is 1.33 bits per heavy atom. The predicted octanol–water partition coefficient (Wildman–Crippen LogP) is 4.92. The third-order valence-corrected chi connectivity index (χ3v) is 4.92. The van der Waals surface area contributed by atoms with Gasteiger partial charge in [0.25, 0.3) is 0 Å². The molecule has 0 saturated carbocycles. The van der Waals surface area contributed by atoms with E-state index in [1.807, 2.05) is 44.2 Å². The van der Waals surface area contributed by atoms with Gasteiger partial charge in [-0.3, -0.25) is 0 Å². The van der Waals surface area contributed by atoms with Crippen LogP contribution in [0.5, 0.6) is 0 Å². The molecule has 1 heterocycles. The lowest BCUT2D eigenvalue weighted by molar-refractivity contribution is 0.0615. The number of benzene rings is 1. The Kier molecular flexibility index (Phi) is 4.17. The number of halogens is 2. The summed E-state index contributed by atoms with van der Waals surface area (Å²) in [5.41, 5.74) is 0.0760. The summed E-state index contributed by atoms with van der Waals surface area (Å²) in [7, 11) is 0. The molecule has 0 aliphatic rings. The van der Waals surface area contributed by atoms with Gasteiger partial charge in [-0.25, -0.2) is 0 Å². The number of aliphatic hydroxyl groups is 1. The van der Waals surface area contributed by atoms with E-state index in [0.29, 0.717) is 11.4 Å². The van der Waals surface area contributed by atoms with Crippen LogP contribution >= 0.6 is 38.9 Å². The van der Waals surface area contributed by atoms with Gasteiger partial charge in [-0.05, 0) is 43.7 Å². The highest BCUT2D eigenvalue weighted by molar-refractivity contribution is 9.10. The molecule has 1 atom stereocenters. The van der Waals surface area contributed by atoms with Gasteiger partial charge in [-0.2, -0.15) is 0 Å². The van der Waals surface area contributed by atoms with E-state index in [0.717, 1.165) is 14.9 Å². The van der Waals surface area contributed by atoms with Crippen molar-refractivity contribution in [2.24, 2.45) is 0 Å². The van der Waals surface area contributed by atoms with E-state index in [2.05, 4.69) is 15.9 Å². The van der Waals surface area contributed by atoms with Crippen molar-refractivity contribution in [3.63, 3.8) is 0 Å². The molecule has 0 saturated heterocycles. The molecule has 2 rings (SSSR count). The molecule has 4 heteroatoms. The molecule has 1 N–H and O–H groups in total. The number of thiophene rings is 1. The van der Waals surface area contributed by atoms with Crippen LogP contribution in [0.3, 0.4) is 0 Å². The molecule has 0 radical (unpaired) electrons. The lowest BCUT2D eigenvalue weighted by Gasteiger charge is -2.22. The van der Waals surface area contributed by atoms with Gasteiger partial charge in [0.15, 0.2) is 0 Å². The van der Waals surface area contributed by atoms with Crippen molar-refractivity contribution in [3.05, 3.63) is 55.1 Å². The Bertz CT molecular complexity index is 563. The van der Waals surface area contributed by atoms with Gasteiger partial charge in [0.1, 0.15) is 5.60 Å². The smallest absolute Gasteiger partial charge is 0.100 e. The fourth-order valence-electron chi connectivity index (χ4n) is 1.85. The second kappa shape index (κ2) is 5.33. The first kappa shape index (κ1) is 14.1. The molecule has 0 aliphatic carbocycles. The first-order valence-electron chi connectivity index (χ1n) is 5.62. The van der Waals surface area contributed by atoms with E-state index in [9.17, 15) is 5.11 Å². The molecule has 0 amide bonds. The first-order valence-corrected chi connectivity index (χ1v) is 7.60. The Morgan fingerprint density at radius 3 is 2.61 bits per heavy atom. The topological polar surface area (TPSA) is 20.2 Å². The molecular weight excluding hydrogens is 332 g/mol. The SMILES string of the molecule is Cc1ccc(C(C)(O)Cc2ccc(Br)cc2Cl)s1. The maximum atomic E-state index is 10.6. The Balaban J connectivity index is 2.27. The normalized spacial score (nSPS) is 14.5. The van der Waals surface area contributed by atoms with Gasteiger partial charge >= 0.3 is 0 Å². The molecule has 2 aromatic rings. The van der Waals surface area contributed by atoms with Crippen molar-refractivity contribution in [2.45, 2.75) is 25.9 Å². The minimum atomic E-state index is -0.879. The second-order valence-electron chi connectivity index (χ2n) is 4.60. The van der Waals surface area contributed by atoms with Crippen LogP contribution in [0, 0.1) is 6.92 Å². The van der Waals surface area contributed by atoms with Crippen LogP contribution in [0.25, 0.3) is 0 Å². The summed E-state index contributed by atoms with van der Waals surface area (Å²) in [4.78, 5) is 2.17. The molecule has 0 spiro atoms. The van der Waals surface area contributed by atoms with Gasteiger partial charge in [0, 0.05) is 25.7 Å². The number of rotatable bonds is 3. The highest BCUT2D eigenvalue weighted by Gasteiger charge is 2.26. The average molecular weight is 346 g/mol. The van der Waals surface area contributed by atoms with Crippen molar-refractivity contribution in [1.82, 2.24) is 0 Å². The number of hydrogen-bond donors (Lipinski definition) is 1. The van der Waals surface area contributed by atoms with Crippen molar-refractivity contribution in [2.75, 3.05) is 0 Å². The maximum Gasteiger partial charge on any atom is 0.100 e. The second-order valence-corrected chi connectivity index (χ2v) is 7.21. The van der Waals surface area contributed by atoms with Crippen LogP contribution in [0.4, 0.5) is 0 Å². The van der Waals surface area contributed by atoms with E-state index in [1.165, 1.54) is 4.88 Å². The van der Waals surface area contributed by atoms with Gasteiger partial charge in [-0.1, -0.05) is 33.6 Å².